The molecule has 1 aromatic carbocycles. The Bertz CT molecular complexity index is 694. The lowest BCUT2D eigenvalue weighted by molar-refractivity contribution is 0.0255. The van der Waals surface area contributed by atoms with Gasteiger partial charge in [-0.1, -0.05) is 37.3 Å². The molecule has 0 unspecified atom stereocenters. The van der Waals surface area contributed by atoms with Gasteiger partial charge < -0.3 is 5.32 Å². The highest BCUT2D eigenvalue weighted by molar-refractivity contribution is 7.97. The zero-order chi connectivity index (χ0) is 20.3. The van der Waals surface area contributed by atoms with E-state index in [0.717, 1.165) is 69.9 Å². The van der Waals surface area contributed by atoms with E-state index in [1.807, 2.05) is 11.9 Å². The lowest BCUT2D eigenvalue weighted by Gasteiger charge is -2.49. The highest BCUT2D eigenvalue weighted by atomic mass is 32.2. The second-order valence-corrected chi connectivity index (χ2v) is 9.83. The summed E-state index contributed by atoms with van der Waals surface area (Å²) in [6.45, 7) is 4.50. The third-order valence-corrected chi connectivity index (χ3v) is 8.00. The Morgan fingerprint density at radius 3 is 2.34 bits per heavy atom. The molecule has 1 aliphatic heterocycles. The van der Waals surface area contributed by atoms with Crippen molar-refractivity contribution in [3.05, 3.63) is 35.4 Å². The van der Waals surface area contributed by atoms with Crippen LogP contribution >= 0.6 is 11.9 Å². The molecule has 3 aliphatic rings. The van der Waals surface area contributed by atoms with Crippen molar-refractivity contribution < 1.29 is 13.6 Å². The summed E-state index contributed by atoms with van der Waals surface area (Å²) in [7, 11) is 0. The van der Waals surface area contributed by atoms with Crippen LogP contribution in [0, 0.1) is 17.6 Å². The number of amides is 1. The van der Waals surface area contributed by atoms with Gasteiger partial charge in [0.2, 0.25) is 0 Å². The maximum atomic E-state index is 14.0. The van der Waals surface area contributed by atoms with Gasteiger partial charge in [-0.15, -0.1) is 0 Å². The Morgan fingerprint density at radius 1 is 1.07 bits per heavy atom. The molecule has 0 atom stereocenters. The van der Waals surface area contributed by atoms with Crippen LogP contribution in [0.4, 0.5) is 8.78 Å². The van der Waals surface area contributed by atoms with E-state index in [9.17, 15) is 13.6 Å². The molecule has 1 amide bonds. The van der Waals surface area contributed by atoms with Crippen molar-refractivity contribution in [1.82, 2.24) is 14.5 Å². The highest BCUT2D eigenvalue weighted by Gasteiger charge is 2.40. The Morgan fingerprint density at radius 2 is 1.72 bits per heavy atom. The number of hydrogen-bond acceptors (Lipinski definition) is 4. The van der Waals surface area contributed by atoms with Crippen LogP contribution in [0.1, 0.15) is 55.3 Å². The standard InChI is InChI=1S/C22H31F2N3OS/c23-18-5-4-6-19(24)20(18)21(28)25-16-22(9-2-1-3-10-22)26-11-13-27(14-12-26)29-15-17-7-8-17/h4-6,17H,1-3,7-16H2,(H,25,28). The van der Waals surface area contributed by atoms with Crippen LogP contribution in [0.15, 0.2) is 18.2 Å². The molecule has 1 saturated heterocycles. The minimum absolute atomic E-state index is 0.0944. The van der Waals surface area contributed by atoms with Crippen LogP contribution in [-0.4, -0.2) is 59.1 Å². The molecule has 1 heterocycles. The number of hydrogen-bond donors (Lipinski definition) is 1. The molecular weight excluding hydrogens is 392 g/mol. The van der Waals surface area contributed by atoms with Crippen LogP contribution < -0.4 is 5.32 Å². The Hall–Kier alpha value is -1.18. The molecule has 3 fully saturated rings. The van der Waals surface area contributed by atoms with Gasteiger partial charge in [0, 0.05) is 44.0 Å². The maximum absolute atomic E-state index is 14.0. The van der Waals surface area contributed by atoms with Crippen LogP contribution in [0.25, 0.3) is 0 Å². The first-order chi connectivity index (χ1) is 14.1. The first kappa shape index (κ1) is 21.1. The summed E-state index contributed by atoms with van der Waals surface area (Å²) in [5.41, 5.74) is -0.567. The van der Waals surface area contributed by atoms with Gasteiger partial charge >= 0.3 is 0 Å². The van der Waals surface area contributed by atoms with Crippen molar-refractivity contribution in [2.75, 3.05) is 38.5 Å². The van der Waals surface area contributed by atoms with Gasteiger partial charge in [-0.2, -0.15) is 0 Å². The van der Waals surface area contributed by atoms with E-state index in [0.29, 0.717) is 6.54 Å². The number of rotatable bonds is 7. The molecule has 4 rings (SSSR count). The molecule has 1 aromatic rings. The average molecular weight is 424 g/mol. The summed E-state index contributed by atoms with van der Waals surface area (Å²) in [6, 6.07) is 3.55. The largest absolute Gasteiger partial charge is 0.350 e. The minimum atomic E-state index is -0.804. The summed E-state index contributed by atoms with van der Waals surface area (Å²) in [4.78, 5) is 15.1. The van der Waals surface area contributed by atoms with E-state index in [2.05, 4.69) is 14.5 Å². The Kier molecular flexibility index (Phi) is 6.76. The van der Waals surface area contributed by atoms with Crippen LogP contribution in [0.5, 0.6) is 0 Å². The predicted octanol–water partition coefficient (Wildman–Crippen LogP) is 4.07. The summed E-state index contributed by atoms with van der Waals surface area (Å²) in [6.07, 6.45) is 8.33. The first-order valence-electron chi connectivity index (χ1n) is 10.9. The summed E-state index contributed by atoms with van der Waals surface area (Å²) in [5.74, 6) is -0.0843. The molecule has 2 aliphatic carbocycles. The summed E-state index contributed by atoms with van der Waals surface area (Å²) >= 11 is 1.99. The van der Waals surface area contributed by atoms with Crippen LogP contribution in [0.2, 0.25) is 0 Å². The van der Waals surface area contributed by atoms with Crippen molar-refractivity contribution in [1.29, 1.82) is 0 Å². The SMILES string of the molecule is O=C(NCC1(N2CCN(SCC3CC3)CC2)CCCCC1)c1c(F)cccc1F. The van der Waals surface area contributed by atoms with Gasteiger partial charge in [0.15, 0.2) is 0 Å². The molecule has 7 heteroatoms. The van der Waals surface area contributed by atoms with E-state index in [4.69, 9.17) is 0 Å². The van der Waals surface area contributed by atoms with Gasteiger partial charge in [-0.05, 0) is 43.7 Å². The molecule has 0 spiro atoms. The third kappa shape index (κ3) is 5.12. The van der Waals surface area contributed by atoms with Crippen LogP contribution in [0.3, 0.4) is 0 Å². The second kappa shape index (κ2) is 9.31. The fourth-order valence-electron chi connectivity index (χ4n) is 4.65. The number of piperazine rings is 1. The van der Waals surface area contributed by atoms with Gasteiger partial charge in [-0.3, -0.25) is 9.69 Å². The van der Waals surface area contributed by atoms with Crippen molar-refractivity contribution in [2.45, 2.75) is 50.5 Å². The number of benzene rings is 1. The van der Waals surface area contributed by atoms with E-state index >= 15 is 0 Å². The fraction of sp³-hybridized carbons (Fsp3) is 0.682. The van der Waals surface area contributed by atoms with E-state index in [1.54, 1.807) is 0 Å². The molecule has 4 nitrogen and oxygen atoms in total. The van der Waals surface area contributed by atoms with Gasteiger partial charge in [-0.25, -0.2) is 13.1 Å². The lowest BCUT2D eigenvalue weighted by atomic mass is 9.79. The maximum Gasteiger partial charge on any atom is 0.257 e. The van der Waals surface area contributed by atoms with Gasteiger partial charge in [0.05, 0.1) is 0 Å². The molecule has 0 aromatic heterocycles. The number of nitrogens with one attached hydrogen (secondary N) is 1. The molecule has 0 bridgehead atoms. The van der Waals surface area contributed by atoms with Crippen molar-refractivity contribution in [3.8, 4) is 0 Å². The number of carbonyl (C=O) groups is 1. The average Bonchev–Trinajstić information content (AvgIpc) is 3.56. The number of carbonyl (C=O) groups excluding carboxylic acids is 1. The Balaban J connectivity index is 1.37. The molecule has 29 heavy (non-hydrogen) atoms. The van der Waals surface area contributed by atoms with E-state index in [-0.39, 0.29) is 5.54 Å². The lowest BCUT2D eigenvalue weighted by Crippen LogP contribution is -2.61. The summed E-state index contributed by atoms with van der Waals surface area (Å²) < 4.78 is 30.4. The molecule has 1 N–H and O–H groups in total. The fourth-order valence-corrected chi connectivity index (χ4v) is 5.83. The van der Waals surface area contributed by atoms with Gasteiger partial charge in [0.25, 0.3) is 5.91 Å². The van der Waals surface area contributed by atoms with Crippen molar-refractivity contribution >= 4 is 17.9 Å². The molecule has 160 valence electrons. The normalized spacial score (nSPS) is 23.1. The quantitative estimate of drug-likeness (QED) is 0.671. The zero-order valence-corrected chi connectivity index (χ0v) is 17.8. The van der Waals surface area contributed by atoms with Crippen molar-refractivity contribution in [3.63, 3.8) is 0 Å². The smallest absolute Gasteiger partial charge is 0.257 e. The van der Waals surface area contributed by atoms with E-state index < -0.39 is 23.1 Å². The first-order valence-corrected chi connectivity index (χ1v) is 11.9. The van der Waals surface area contributed by atoms with E-state index in [1.165, 1.54) is 31.1 Å². The Labute approximate surface area is 176 Å². The van der Waals surface area contributed by atoms with Gasteiger partial charge in [0.1, 0.15) is 17.2 Å². The van der Waals surface area contributed by atoms with Crippen molar-refractivity contribution in [2.24, 2.45) is 5.92 Å². The minimum Gasteiger partial charge on any atom is -0.350 e. The molecule has 2 saturated carbocycles. The molecule has 0 radical (unpaired) electrons. The summed E-state index contributed by atoms with van der Waals surface area (Å²) in [5, 5.41) is 2.87. The topological polar surface area (TPSA) is 35.6 Å². The monoisotopic (exact) mass is 423 g/mol. The highest BCUT2D eigenvalue weighted by Crippen LogP contribution is 2.36. The number of halogens is 2. The van der Waals surface area contributed by atoms with Crippen LogP contribution in [-0.2, 0) is 0 Å². The zero-order valence-electron chi connectivity index (χ0n) is 17.0. The molecular formula is C22H31F2N3OS. The second-order valence-electron chi connectivity index (χ2n) is 8.72. The third-order valence-electron chi connectivity index (χ3n) is 6.65. The number of nitrogens with zero attached hydrogens (tertiary/aromatic N) is 2. The predicted molar refractivity (Wildman–Crippen MR) is 113 cm³/mol.